The van der Waals surface area contributed by atoms with Gasteiger partial charge in [0.1, 0.15) is 5.82 Å². The van der Waals surface area contributed by atoms with E-state index in [1.165, 1.54) is 10.8 Å². The summed E-state index contributed by atoms with van der Waals surface area (Å²) in [7, 11) is 0. The first kappa shape index (κ1) is 21.3. The fraction of sp³-hybridized carbons (Fsp3) is 0.231. The van der Waals surface area contributed by atoms with E-state index >= 15 is 0 Å². The third kappa shape index (κ3) is 5.22. The number of rotatable bonds is 8. The number of nitrogens with zero attached hydrogens (tertiary/aromatic N) is 3. The highest BCUT2D eigenvalue weighted by Gasteiger charge is 2.09. The quantitative estimate of drug-likeness (QED) is 0.330. The molecule has 0 radical (unpaired) electrons. The van der Waals surface area contributed by atoms with Crippen LogP contribution < -0.4 is 5.32 Å². The van der Waals surface area contributed by atoms with Crippen molar-refractivity contribution in [3.05, 3.63) is 77.1 Å². The van der Waals surface area contributed by atoms with Crippen LogP contribution in [0.3, 0.4) is 0 Å². The molecule has 1 heterocycles. The summed E-state index contributed by atoms with van der Waals surface area (Å²) in [6.45, 7) is 8.28. The molecule has 0 aliphatic heterocycles. The summed E-state index contributed by atoms with van der Waals surface area (Å²) in [6, 6.07) is 20.4. The maximum Gasteiger partial charge on any atom is 0.154 e. The monoisotopic (exact) mass is 430 g/mol. The summed E-state index contributed by atoms with van der Waals surface area (Å²) in [5.41, 5.74) is 2.00. The van der Waals surface area contributed by atoms with Gasteiger partial charge >= 0.3 is 0 Å². The van der Waals surface area contributed by atoms with Crippen LogP contribution in [-0.2, 0) is 0 Å². The highest BCUT2D eigenvalue weighted by Crippen LogP contribution is 2.27. The van der Waals surface area contributed by atoms with Crippen molar-refractivity contribution in [3.8, 4) is 0 Å². The zero-order valence-corrected chi connectivity index (χ0v) is 18.7. The molecule has 0 saturated heterocycles. The first-order valence-corrected chi connectivity index (χ1v) is 11.1. The lowest BCUT2D eigenvalue weighted by Crippen LogP contribution is -2.28. The van der Waals surface area contributed by atoms with Gasteiger partial charge in [0.05, 0.1) is 5.52 Å². The predicted octanol–water partition coefficient (Wildman–Crippen LogP) is 6.36. The Hall–Kier alpha value is -2.95. The molecule has 1 aromatic heterocycles. The molecule has 0 unspecified atom stereocenters. The van der Waals surface area contributed by atoms with Crippen molar-refractivity contribution >= 4 is 51.2 Å². The highest BCUT2D eigenvalue weighted by atomic mass is 35.5. The Labute approximate surface area is 188 Å². The third-order valence-electron chi connectivity index (χ3n) is 5.49. The van der Waals surface area contributed by atoms with Gasteiger partial charge in [0, 0.05) is 23.5 Å². The lowest BCUT2D eigenvalue weighted by molar-refractivity contribution is 0.316. The molecule has 0 aliphatic carbocycles. The number of hydrogen-bond acceptors (Lipinski definition) is 4. The first-order chi connectivity index (χ1) is 15.2. The maximum absolute atomic E-state index is 5.99. The molecule has 4 rings (SSSR count). The minimum atomic E-state index is 0.683. The molecule has 5 heteroatoms. The van der Waals surface area contributed by atoms with Crippen molar-refractivity contribution in [1.29, 1.82) is 0 Å². The average molecular weight is 431 g/mol. The van der Waals surface area contributed by atoms with Gasteiger partial charge in [-0.2, -0.15) is 0 Å². The van der Waals surface area contributed by atoms with Crippen LogP contribution in [0.4, 0.5) is 5.82 Å². The Bertz CT molecular complexity index is 1200. The minimum Gasteiger partial charge on any atom is -0.368 e. The third-order valence-corrected chi connectivity index (χ3v) is 5.74. The molecular weight excluding hydrogens is 404 g/mol. The lowest BCUT2D eigenvalue weighted by atomic mass is 10.1. The number of fused-ring (bicyclic) bond motifs is 2. The van der Waals surface area contributed by atoms with E-state index in [-0.39, 0.29) is 0 Å². The Kier molecular flexibility index (Phi) is 6.80. The molecule has 0 atom stereocenters. The summed E-state index contributed by atoms with van der Waals surface area (Å²) in [6.07, 6.45) is 3.96. The van der Waals surface area contributed by atoms with Crippen molar-refractivity contribution in [2.24, 2.45) is 0 Å². The zero-order chi connectivity index (χ0) is 21.6. The number of halogens is 1. The minimum absolute atomic E-state index is 0.683. The van der Waals surface area contributed by atoms with Crippen LogP contribution in [0.15, 0.2) is 60.7 Å². The van der Waals surface area contributed by atoms with E-state index in [9.17, 15) is 0 Å². The van der Waals surface area contributed by atoms with Crippen LogP contribution in [0.5, 0.6) is 0 Å². The van der Waals surface area contributed by atoms with Gasteiger partial charge in [0.25, 0.3) is 0 Å². The molecule has 0 aliphatic rings. The molecule has 0 bridgehead atoms. The number of hydrogen-bond donors (Lipinski definition) is 1. The van der Waals surface area contributed by atoms with E-state index in [1.807, 2.05) is 36.4 Å². The van der Waals surface area contributed by atoms with Gasteiger partial charge in [0.15, 0.2) is 5.82 Å². The molecule has 0 fully saturated rings. The Morgan fingerprint density at radius 2 is 1.61 bits per heavy atom. The van der Waals surface area contributed by atoms with E-state index < -0.39 is 0 Å². The summed E-state index contributed by atoms with van der Waals surface area (Å²) in [5, 5.41) is 7.69. The van der Waals surface area contributed by atoms with Gasteiger partial charge < -0.3 is 10.2 Å². The first-order valence-electron chi connectivity index (χ1n) is 10.8. The van der Waals surface area contributed by atoms with Crippen molar-refractivity contribution in [2.75, 3.05) is 31.5 Å². The lowest BCUT2D eigenvalue weighted by Gasteiger charge is -2.18. The van der Waals surface area contributed by atoms with Crippen LogP contribution in [0, 0.1) is 0 Å². The second kappa shape index (κ2) is 9.90. The Balaban J connectivity index is 1.70. The van der Waals surface area contributed by atoms with Crippen LogP contribution in [-0.4, -0.2) is 41.0 Å². The summed E-state index contributed by atoms with van der Waals surface area (Å²) < 4.78 is 0. The Morgan fingerprint density at radius 3 is 2.32 bits per heavy atom. The number of benzene rings is 3. The largest absolute Gasteiger partial charge is 0.368 e. The molecule has 4 aromatic rings. The van der Waals surface area contributed by atoms with E-state index in [2.05, 4.69) is 60.5 Å². The summed E-state index contributed by atoms with van der Waals surface area (Å²) in [4.78, 5) is 12.1. The second-order valence-electron chi connectivity index (χ2n) is 7.49. The summed E-state index contributed by atoms with van der Waals surface area (Å²) in [5.74, 6) is 1.56. The van der Waals surface area contributed by atoms with Gasteiger partial charge in [-0.1, -0.05) is 67.9 Å². The van der Waals surface area contributed by atoms with Crippen LogP contribution in [0.25, 0.3) is 33.8 Å². The normalized spacial score (nSPS) is 11.7. The fourth-order valence-corrected chi connectivity index (χ4v) is 3.79. The topological polar surface area (TPSA) is 41.0 Å². The van der Waals surface area contributed by atoms with Crippen molar-refractivity contribution in [2.45, 2.75) is 13.8 Å². The van der Waals surface area contributed by atoms with Crippen LogP contribution in [0.2, 0.25) is 5.02 Å². The highest BCUT2D eigenvalue weighted by molar-refractivity contribution is 6.30. The molecular formula is C26H27ClN4. The van der Waals surface area contributed by atoms with Gasteiger partial charge in [0.2, 0.25) is 0 Å². The zero-order valence-electron chi connectivity index (χ0n) is 18.0. The van der Waals surface area contributed by atoms with Crippen LogP contribution >= 0.6 is 11.6 Å². The standard InChI is InChI=1S/C26H27ClN4/c1-3-31(4-2)16-15-28-26-23-17-20-7-5-6-8-21(20)18-24(23)29-25(30-26)14-11-19-9-12-22(27)13-10-19/h5-14,17-18H,3-4,15-16H2,1-2H3,(H,28,29,30). The molecule has 158 valence electrons. The smallest absolute Gasteiger partial charge is 0.154 e. The van der Waals surface area contributed by atoms with Crippen LogP contribution in [0.1, 0.15) is 25.2 Å². The molecule has 0 saturated carbocycles. The number of anilines is 1. The average Bonchev–Trinajstić information content (AvgIpc) is 2.80. The number of nitrogens with one attached hydrogen (secondary N) is 1. The fourth-order valence-electron chi connectivity index (χ4n) is 3.66. The Morgan fingerprint density at radius 1 is 0.903 bits per heavy atom. The number of likely N-dealkylation sites (N-methyl/N-ethyl adjacent to an activating group) is 1. The molecule has 4 nitrogen and oxygen atoms in total. The van der Waals surface area contributed by atoms with Crippen molar-refractivity contribution < 1.29 is 0 Å². The molecule has 0 spiro atoms. The van der Waals surface area contributed by atoms with Crippen molar-refractivity contribution in [1.82, 2.24) is 14.9 Å². The molecule has 3 aromatic carbocycles. The number of aromatic nitrogens is 2. The molecule has 31 heavy (non-hydrogen) atoms. The van der Waals surface area contributed by atoms with Gasteiger partial charge in [-0.05, 0) is 59.8 Å². The van der Waals surface area contributed by atoms with Gasteiger partial charge in [-0.15, -0.1) is 0 Å². The summed E-state index contributed by atoms with van der Waals surface area (Å²) >= 11 is 5.99. The predicted molar refractivity (Wildman–Crippen MR) is 134 cm³/mol. The van der Waals surface area contributed by atoms with E-state index in [1.54, 1.807) is 0 Å². The molecule has 0 amide bonds. The van der Waals surface area contributed by atoms with Gasteiger partial charge in [-0.25, -0.2) is 9.97 Å². The SMILES string of the molecule is CCN(CC)CCNc1nc(C=Cc2ccc(Cl)cc2)nc2cc3ccccc3cc12. The van der Waals surface area contributed by atoms with Crippen molar-refractivity contribution in [3.63, 3.8) is 0 Å². The maximum atomic E-state index is 5.99. The van der Waals surface area contributed by atoms with E-state index in [0.29, 0.717) is 5.82 Å². The second-order valence-corrected chi connectivity index (χ2v) is 7.92. The van der Waals surface area contributed by atoms with E-state index in [0.717, 1.165) is 53.5 Å². The van der Waals surface area contributed by atoms with Gasteiger partial charge in [-0.3, -0.25) is 0 Å². The molecule has 1 N–H and O–H groups in total. The van der Waals surface area contributed by atoms with E-state index in [4.69, 9.17) is 21.6 Å².